The molecule has 103 heavy (non-hydrogen) atoms. The summed E-state index contributed by atoms with van der Waals surface area (Å²) >= 11 is 6.05. The van der Waals surface area contributed by atoms with Crippen LogP contribution in [0.25, 0.3) is 0 Å². The normalized spacial score (nSPS) is 25.8. The van der Waals surface area contributed by atoms with E-state index in [0.29, 0.717) is 52.9 Å². The lowest BCUT2D eigenvalue weighted by Crippen LogP contribution is -2.63. The van der Waals surface area contributed by atoms with Crippen LogP contribution in [0.4, 0.5) is 35.1 Å². The number of aryl methyl sites for hydroxylation is 1. The molecule has 3 heterocycles. The summed E-state index contributed by atoms with van der Waals surface area (Å²) < 4.78 is 115. The van der Waals surface area contributed by atoms with Crippen molar-refractivity contribution in [3.8, 4) is 0 Å². The summed E-state index contributed by atoms with van der Waals surface area (Å²) in [5.41, 5.74) is -1.19. The third-order valence-corrected chi connectivity index (χ3v) is 20.4. The van der Waals surface area contributed by atoms with Gasteiger partial charge in [-0.05, 0) is 80.9 Å². The van der Waals surface area contributed by atoms with E-state index < -0.39 is 231 Å². The smallest absolute Gasteiger partial charge is 0.343 e. The Labute approximate surface area is 600 Å². The number of hydrogen-bond acceptors (Lipinski definition) is 13. The number of piperidine rings is 1. The second kappa shape index (κ2) is 36.7. The Bertz CT molecular complexity index is 3260. The summed E-state index contributed by atoms with van der Waals surface area (Å²) in [5, 5.41) is 6.32. The van der Waals surface area contributed by atoms with Gasteiger partial charge in [-0.15, -0.1) is 0 Å². The van der Waals surface area contributed by atoms with Gasteiger partial charge in [0.05, 0.1) is 62.6 Å². The molecule has 3 aliphatic heterocycles. The van der Waals surface area contributed by atoms with E-state index in [1.54, 1.807) is 13.8 Å². The summed E-state index contributed by atoms with van der Waals surface area (Å²) in [6.07, 6.45) is -9.50. The van der Waals surface area contributed by atoms with Crippen LogP contribution in [0.2, 0.25) is 5.02 Å². The maximum atomic E-state index is 15.1. The van der Waals surface area contributed by atoms with Gasteiger partial charge in [0.15, 0.2) is 0 Å². The first kappa shape index (κ1) is 85.7. The number of nitrogens with one attached hydrogen (secondary N) is 3. The Kier molecular flexibility index (Phi) is 30.5. The van der Waals surface area contributed by atoms with E-state index in [1.807, 2.05) is 5.32 Å². The molecule has 1 aromatic rings. The Morgan fingerprint density at radius 2 is 1.18 bits per heavy atom. The van der Waals surface area contributed by atoms with Gasteiger partial charge in [0.1, 0.15) is 48.3 Å². The molecular weight excluding hydrogens is 1390 g/mol. The van der Waals surface area contributed by atoms with Gasteiger partial charge < -0.3 is 64.9 Å². The van der Waals surface area contributed by atoms with Crippen molar-refractivity contribution in [2.45, 2.75) is 198 Å². The third kappa shape index (κ3) is 23.3. The van der Waals surface area contributed by atoms with E-state index in [-0.39, 0.29) is 31.0 Å². The van der Waals surface area contributed by atoms with Crippen molar-refractivity contribution in [1.82, 2.24) is 64.9 Å². The molecule has 0 radical (unpaired) electrons. The average Bonchev–Trinajstić information content (AvgIpc) is 0.786. The van der Waals surface area contributed by atoms with Gasteiger partial charge in [0.25, 0.3) is 5.92 Å². The zero-order valence-corrected chi connectivity index (χ0v) is 61.6. The fourth-order valence-electron chi connectivity index (χ4n) is 13.2. The molecule has 0 unspecified atom stereocenters. The molecule has 1 aromatic carbocycles. The Hall–Kier alpha value is -7.94. The number of rotatable bonds is 12. The first-order chi connectivity index (χ1) is 47.8. The summed E-state index contributed by atoms with van der Waals surface area (Å²) in [6, 6.07) is -11.9. The standard InChI is InChI=1S/C68H100ClF8N13O13/c1-14-40(4)56-64(102)83(8)35-54(94)81(6)36-55(95)85(10)49(30-42-21-17-15-18-22-42)62(100)82(7)34-51(91)78-46(26-24-43-23-25-44(45(69)29-43)68(75,76)77)60(98)86(11)48(31-53(93)90-37-66(70,71)38-90)59(97)79-47(33-67(72,73)74)61(99)88(13)57(39(2)3)65(103)87(12)50(63(101)89-27-19-16-20-28-89)32-52(92)84(9)41(5)58(96)80-56/h23,25,29,39-42,46-50,56-57H,14-22,24,26-28,30-38H2,1-13H3,(H,78,91)(H,79,97)(H,80,96)/t40-,41-,46-,47-,48-,49-,50-,56-,57+/m0/s1. The molecule has 35 heteroatoms. The third-order valence-electron chi connectivity index (χ3n) is 20.1. The minimum absolute atomic E-state index is 0.0430. The maximum absolute atomic E-state index is 15.1. The molecule has 4 fully saturated rings. The van der Waals surface area contributed by atoms with Crippen LogP contribution in [0.15, 0.2) is 18.2 Å². The number of alkyl halides is 8. The zero-order chi connectivity index (χ0) is 77.7. The number of halogens is 9. The van der Waals surface area contributed by atoms with Crippen LogP contribution in [0.5, 0.6) is 0 Å². The van der Waals surface area contributed by atoms with Gasteiger partial charge in [-0.3, -0.25) is 62.3 Å². The number of carbonyl (C=O) groups is 13. The summed E-state index contributed by atoms with van der Waals surface area (Å²) in [5.74, 6) is -18.8. The van der Waals surface area contributed by atoms with Crippen LogP contribution in [0.1, 0.15) is 136 Å². The summed E-state index contributed by atoms with van der Waals surface area (Å²) in [7, 11) is 9.21. The molecule has 4 aliphatic rings. The molecule has 0 spiro atoms. The highest BCUT2D eigenvalue weighted by molar-refractivity contribution is 6.31. The summed E-state index contributed by atoms with van der Waals surface area (Å²) in [4.78, 5) is 198. The van der Waals surface area contributed by atoms with Crippen molar-refractivity contribution in [3.05, 3.63) is 34.3 Å². The molecule has 26 nitrogen and oxygen atoms in total. The molecule has 5 rings (SSSR count). The molecule has 3 N–H and O–H groups in total. The van der Waals surface area contributed by atoms with E-state index in [9.17, 15) is 87.9 Å². The van der Waals surface area contributed by atoms with Gasteiger partial charge in [-0.25, -0.2) is 8.78 Å². The van der Waals surface area contributed by atoms with E-state index in [4.69, 9.17) is 11.6 Å². The average molecular weight is 1500 g/mol. The topological polar surface area (TPSA) is 290 Å². The molecule has 13 amide bonds. The molecular formula is C68H100ClF8N13O13. The van der Waals surface area contributed by atoms with Gasteiger partial charge >= 0.3 is 12.4 Å². The molecule has 0 bridgehead atoms. The molecule has 578 valence electrons. The molecule has 9 atom stereocenters. The molecule has 0 aromatic heterocycles. The second-order valence-electron chi connectivity index (χ2n) is 28.3. The number of likely N-dealkylation sites (N-methyl/N-ethyl adjacent to an activating group) is 8. The van der Waals surface area contributed by atoms with E-state index in [1.165, 1.54) is 60.9 Å². The van der Waals surface area contributed by atoms with Crippen LogP contribution in [-0.2, 0) is 74.9 Å². The number of amides is 13. The fourth-order valence-corrected chi connectivity index (χ4v) is 13.5. The van der Waals surface area contributed by atoms with E-state index in [0.717, 1.165) is 88.4 Å². The highest BCUT2D eigenvalue weighted by Gasteiger charge is 2.50. The van der Waals surface area contributed by atoms with Crippen molar-refractivity contribution in [1.29, 1.82) is 0 Å². The highest BCUT2D eigenvalue weighted by Crippen LogP contribution is 2.36. The lowest BCUT2D eigenvalue weighted by atomic mass is 9.84. The minimum Gasteiger partial charge on any atom is -0.343 e. The van der Waals surface area contributed by atoms with Crippen LogP contribution >= 0.6 is 11.6 Å². The summed E-state index contributed by atoms with van der Waals surface area (Å²) in [6.45, 7) is 3.36. The Morgan fingerprint density at radius 3 is 1.74 bits per heavy atom. The predicted molar refractivity (Wildman–Crippen MR) is 359 cm³/mol. The number of benzene rings is 1. The van der Waals surface area contributed by atoms with Crippen LogP contribution in [-0.4, -0.2) is 288 Å². The SMILES string of the molecule is CC[C@H](C)[C@@H]1NC(=O)[C@H](C)N(C)C(=O)C[C@@H](C(=O)N2CCCCC2)N(C)C(=O)[C@@H](C(C)C)N(C)C(=O)[C@H](CC(F)(F)F)NC(=O)[C@H](CC(=O)N2CC(F)(F)C2)N(C)C(=O)[C@H](CCc2ccc(C(F)(F)F)c(Cl)c2)NC(=O)CN(C)C(=O)[C@H](CC2CCCCC2)N(C)C(=O)CN(C)C(=O)CN(C)C1=O. The highest BCUT2D eigenvalue weighted by atomic mass is 35.5. The quantitative estimate of drug-likeness (QED) is 0.248. The number of likely N-dealkylation sites (tertiary alicyclic amines) is 2. The maximum Gasteiger partial charge on any atom is 0.417 e. The van der Waals surface area contributed by atoms with Crippen molar-refractivity contribution in [2.24, 2.45) is 17.8 Å². The lowest BCUT2D eigenvalue weighted by molar-refractivity contribution is -0.168. The van der Waals surface area contributed by atoms with Crippen LogP contribution in [0, 0.1) is 17.8 Å². The van der Waals surface area contributed by atoms with Crippen LogP contribution in [0.3, 0.4) is 0 Å². The van der Waals surface area contributed by atoms with E-state index >= 15 is 9.59 Å². The first-order valence-corrected chi connectivity index (χ1v) is 35.0. The number of nitrogens with zero attached hydrogens (tertiary/aromatic N) is 10. The molecule has 1 saturated carbocycles. The van der Waals surface area contributed by atoms with Crippen LogP contribution < -0.4 is 16.0 Å². The van der Waals surface area contributed by atoms with Gasteiger partial charge in [-0.2, -0.15) is 26.3 Å². The van der Waals surface area contributed by atoms with Crippen molar-refractivity contribution >= 4 is 88.4 Å². The molecule has 3 saturated heterocycles. The fraction of sp³-hybridized carbons (Fsp3) is 0.721. The second-order valence-corrected chi connectivity index (χ2v) is 28.7. The monoisotopic (exact) mass is 1490 g/mol. The Morgan fingerprint density at radius 1 is 0.612 bits per heavy atom. The van der Waals surface area contributed by atoms with Crippen molar-refractivity contribution in [2.75, 3.05) is 102 Å². The first-order valence-electron chi connectivity index (χ1n) is 34.6. The van der Waals surface area contributed by atoms with Gasteiger partial charge in [0, 0.05) is 69.5 Å². The van der Waals surface area contributed by atoms with Crippen molar-refractivity contribution < 1.29 is 97.5 Å². The number of carbonyl (C=O) groups excluding carboxylic acids is 13. The van der Waals surface area contributed by atoms with Gasteiger partial charge in [0.2, 0.25) is 76.8 Å². The lowest BCUT2D eigenvalue weighted by Gasteiger charge is -2.40. The largest absolute Gasteiger partial charge is 0.417 e. The zero-order valence-electron chi connectivity index (χ0n) is 60.8. The minimum atomic E-state index is -5.33. The van der Waals surface area contributed by atoms with E-state index in [2.05, 4.69) is 10.6 Å². The van der Waals surface area contributed by atoms with Gasteiger partial charge in [-0.1, -0.05) is 83.9 Å². The van der Waals surface area contributed by atoms with Crippen molar-refractivity contribution in [3.63, 3.8) is 0 Å². The number of hydrogen-bond donors (Lipinski definition) is 3. The predicted octanol–water partition coefficient (Wildman–Crippen LogP) is 4.18. The molecule has 1 aliphatic carbocycles. The Balaban J connectivity index is 1.67.